The predicted molar refractivity (Wildman–Crippen MR) is 221 cm³/mol. The maximum Gasteiger partial charge on any atom is 0.244 e. The highest BCUT2D eigenvalue weighted by Crippen LogP contribution is 2.29. The maximum absolute atomic E-state index is 14.3. The molecular weight excluding hydrogens is 750 g/mol. The van der Waals surface area contributed by atoms with Gasteiger partial charge in [0.1, 0.15) is 12.1 Å². The van der Waals surface area contributed by atoms with Gasteiger partial charge in [-0.25, -0.2) is 9.37 Å². The minimum Gasteiger partial charge on any atom is -0.388 e. The molecule has 57 heavy (non-hydrogen) atoms. The molecule has 1 aliphatic carbocycles. The molecule has 1 aliphatic heterocycles. The van der Waals surface area contributed by atoms with Gasteiger partial charge in [-0.15, -0.1) is 11.3 Å². The van der Waals surface area contributed by atoms with E-state index in [1.807, 2.05) is 47.4 Å². The number of ether oxygens (including phenoxy) is 3. The van der Waals surface area contributed by atoms with E-state index in [-0.39, 0.29) is 17.9 Å². The fourth-order valence-corrected chi connectivity index (χ4v) is 7.31. The standard InChI is InChI=1S/C43H56FN5O7S/c1-43(2,3)14-21-55-23-25-56-24-22-54-20-13-39(52)49-18-16-48(17-19-49)36-10-7-31(8-11-36)32-5-6-33(34(27-32)30-50)29-47(4)40(37-28-35(44)9-12-38(37)51)41(53)46-42-45-15-26-57-42/h5-12,15,26-28,30,37-38,40,51H,13-14,16-25,29H2,1-4H3,(H,45,46,53). The van der Waals surface area contributed by atoms with E-state index < -0.39 is 29.8 Å². The van der Waals surface area contributed by atoms with E-state index in [1.54, 1.807) is 23.5 Å². The van der Waals surface area contributed by atoms with Crippen LogP contribution >= 0.6 is 11.3 Å². The van der Waals surface area contributed by atoms with Crippen LogP contribution in [-0.2, 0) is 30.3 Å². The Bertz CT molecular complexity index is 1810. The molecule has 3 aromatic rings. The summed E-state index contributed by atoms with van der Waals surface area (Å²) in [4.78, 5) is 48.7. The molecule has 2 N–H and O–H groups in total. The number of aromatic nitrogens is 1. The maximum atomic E-state index is 14.3. The third kappa shape index (κ3) is 13.4. The average Bonchev–Trinajstić information content (AvgIpc) is 3.71. The minimum absolute atomic E-state index is 0.0859. The summed E-state index contributed by atoms with van der Waals surface area (Å²) < 4.78 is 31.1. The van der Waals surface area contributed by atoms with Gasteiger partial charge in [-0.2, -0.15) is 0 Å². The van der Waals surface area contributed by atoms with Crippen molar-refractivity contribution < 1.29 is 38.1 Å². The van der Waals surface area contributed by atoms with Crippen molar-refractivity contribution in [2.75, 3.05) is 83.1 Å². The van der Waals surface area contributed by atoms with E-state index in [0.717, 1.165) is 36.1 Å². The lowest BCUT2D eigenvalue weighted by Gasteiger charge is -2.36. The van der Waals surface area contributed by atoms with Crippen LogP contribution in [-0.4, -0.2) is 123 Å². The Balaban J connectivity index is 1.08. The van der Waals surface area contributed by atoms with E-state index in [1.165, 1.54) is 29.6 Å². The van der Waals surface area contributed by atoms with Crippen molar-refractivity contribution in [1.29, 1.82) is 0 Å². The molecule has 0 saturated carbocycles. The van der Waals surface area contributed by atoms with E-state index in [2.05, 4.69) is 36.0 Å². The Labute approximate surface area is 339 Å². The van der Waals surface area contributed by atoms with Gasteiger partial charge in [-0.05, 0) is 65.9 Å². The highest BCUT2D eigenvalue weighted by Gasteiger charge is 2.36. The summed E-state index contributed by atoms with van der Waals surface area (Å²) in [7, 11) is 1.71. The number of carbonyl (C=O) groups excluding carboxylic acids is 3. The fourth-order valence-electron chi connectivity index (χ4n) is 6.78. The zero-order valence-electron chi connectivity index (χ0n) is 33.4. The van der Waals surface area contributed by atoms with Crippen LogP contribution in [0.3, 0.4) is 0 Å². The van der Waals surface area contributed by atoms with Crippen molar-refractivity contribution in [2.45, 2.75) is 52.3 Å². The first-order valence-electron chi connectivity index (χ1n) is 19.5. The summed E-state index contributed by atoms with van der Waals surface area (Å²) in [6.07, 6.45) is 6.39. The number of aldehydes is 1. The number of hydrogen-bond acceptors (Lipinski definition) is 11. The number of piperazine rings is 1. The molecule has 12 nitrogen and oxygen atoms in total. The average molecular weight is 806 g/mol. The third-order valence-corrected chi connectivity index (χ3v) is 10.7. The quantitative estimate of drug-likeness (QED) is 0.104. The molecule has 2 aliphatic rings. The van der Waals surface area contributed by atoms with Crippen molar-refractivity contribution in [1.82, 2.24) is 14.8 Å². The second kappa shape index (κ2) is 21.4. The first kappa shape index (κ1) is 43.8. The molecule has 308 valence electrons. The number of likely N-dealkylation sites (N-methyl/N-ethyl adjacent to an activating group) is 1. The van der Waals surface area contributed by atoms with Crippen LogP contribution in [0.2, 0.25) is 0 Å². The number of halogens is 1. The molecule has 1 fully saturated rings. The van der Waals surface area contributed by atoms with Crippen LogP contribution in [0.15, 0.2) is 78.1 Å². The Morgan fingerprint density at radius 3 is 2.32 bits per heavy atom. The fraction of sp³-hybridized carbons (Fsp3) is 0.488. The topological polar surface area (TPSA) is 134 Å². The number of nitrogens with one attached hydrogen (secondary N) is 1. The van der Waals surface area contributed by atoms with Crippen LogP contribution in [0.25, 0.3) is 11.1 Å². The highest BCUT2D eigenvalue weighted by molar-refractivity contribution is 7.13. The number of carbonyl (C=O) groups is 3. The summed E-state index contributed by atoms with van der Waals surface area (Å²) in [6.45, 7) is 12.6. The lowest BCUT2D eigenvalue weighted by Crippen LogP contribution is -2.49. The van der Waals surface area contributed by atoms with Gasteiger partial charge < -0.3 is 34.4 Å². The Morgan fingerprint density at radius 2 is 1.67 bits per heavy atom. The van der Waals surface area contributed by atoms with Crippen molar-refractivity contribution in [3.63, 3.8) is 0 Å². The van der Waals surface area contributed by atoms with Gasteiger partial charge in [0.15, 0.2) is 5.13 Å². The van der Waals surface area contributed by atoms with Gasteiger partial charge in [0, 0.05) is 68.1 Å². The highest BCUT2D eigenvalue weighted by atomic mass is 32.1. The van der Waals surface area contributed by atoms with Crippen molar-refractivity contribution >= 4 is 40.3 Å². The van der Waals surface area contributed by atoms with Crippen LogP contribution in [0, 0.1) is 11.3 Å². The van der Waals surface area contributed by atoms with Gasteiger partial charge >= 0.3 is 0 Å². The van der Waals surface area contributed by atoms with Crippen LogP contribution in [0.5, 0.6) is 0 Å². The molecule has 14 heteroatoms. The molecule has 2 amide bonds. The Kier molecular flexibility index (Phi) is 16.5. The monoisotopic (exact) mass is 805 g/mol. The molecule has 2 heterocycles. The molecule has 5 rings (SSSR count). The molecular formula is C43H56FN5O7S. The van der Waals surface area contributed by atoms with E-state index >= 15 is 0 Å². The normalized spacial score (nSPS) is 17.8. The second-order valence-corrected chi connectivity index (χ2v) is 16.4. The summed E-state index contributed by atoms with van der Waals surface area (Å²) in [5, 5.41) is 15.6. The molecule has 0 spiro atoms. The molecule has 3 atom stereocenters. The zero-order chi connectivity index (χ0) is 40.8. The van der Waals surface area contributed by atoms with Gasteiger partial charge in [0.05, 0.1) is 51.6 Å². The number of amides is 2. The number of anilines is 2. The lowest BCUT2D eigenvalue weighted by molar-refractivity contribution is -0.132. The van der Waals surface area contributed by atoms with Crippen molar-refractivity contribution in [3.05, 3.63) is 89.2 Å². The summed E-state index contributed by atoms with van der Waals surface area (Å²) in [5.74, 6) is -1.76. The van der Waals surface area contributed by atoms with Gasteiger partial charge in [-0.1, -0.05) is 51.1 Å². The first-order valence-corrected chi connectivity index (χ1v) is 20.4. The zero-order valence-corrected chi connectivity index (χ0v) is 34.2. The number of thiazole rings is 1. The molecule has 2 aromatic carbocycles. The first-order chi connectivity index (χ1) is 27.4. The summed E-state index contributed by atoms with van der Waals surface area (Å²) >= 11 is 1.25. The number of aliphatic hydroxyl groups excluding tert-OH is 1. The molecule has 0 bridgehead atoms. The molecule has 0 radical (unpaired) electrons. The number of aliphatic hydroxyl groups is 1. The Morgan fingerprint density at radius 1 is 1.00 bits per heavy atom. The molecule has 1 saturated heterocycles. The number of rotatable bonds is 20. The van der Waals surface area contributed by atoms with Crippen molar-refractivity contribution in [3.8, 4) is 11.1 Å². The second-order valence-electron chi connectivity index (χ2n) is 15.5. The van der Waals surface area contributed by atoms with Crippen molar-refractivity contribution in [2.24, 2.45) is 11.3 Å². The third-order valence-electron chi connectivity index (χ3n) is 10.1. The number of nitrogens with zero attached hydrogens (tertiary/aromatic N) is 4. The molecule has 1 aromatic heterocycles. The van der Waals surface area contributed by atoms with Gasteiger partial charge in [-0.3, -0.25) is 19.3 Å². The van der Waals surface area contributed by atoms with Crippen LogP contribution in [0.4, 0.5) is 15.2 Å². The smallest absolute Gasteiger partial charge is 0.244 e. The summed E-state index contributed by atoms with van der Waals surface area (Å²) in [5.41, 5.74) is 4.25. The van der Waals surface area contributed by atoms with E-state index in [4.69, 9.17) is 14.2 Å². The number of allylic oxidation sites excluding steroid dienone is 2. The Hall–Kier alpha value is -4.31. The number of benzene rings is 2. The molecule has 3 unspecified atom stereocenters. The van der Waals surface area contributed by atoms with Gasteiger partial charge in [0.2, 0.25) is 11.8 Å². The van der Waals surface area contributed by atoms with Crippen LogP contribution < -0.4 is 10.2 Å². The number of hydrogen-bond donors (Lipinski definition) is 2. The van der Waals surface area contributed by atoms with Crippen LogP contribution in [0.1, 0.15) is 49.5 Å². The minimum atomic E-state index is -1.08. The van der Waals surface area contributed by atoms with E-state index in [9.17, 15) is 23.9 Å². The summed E-state index contributed by atoms with van der Waals surface area (Å²) in [6, 6.07) is 12.8. The predicted octanol–water partition coefficient (Wildman–Crippen LogP) is 5.99. The lowest BCUT2D eigenvalue weighted by atomic mass is 9.87. The SMILES string of the molecule is CN(Cc1ccc(-c2ccc(N3CCN(C(=O)CCOCCOCCOCCC(C)(C)C)CC3)cc2)cc1C=O)C(C(=O)Nc1nccs1)C1C=C(F)C=CC1O. The van der Waals surface area contributed by atoms with Gasteiger partial charge in [0.25, 0.3) is 0 Å². The van der Waals surface area contributed by atoms with E-state index in [0.29, 0.717) is 81.9 Å². The largest absolute Gasteiger partial charge is 0.388 e.